The number of fused-ring (bicyclic) bond motifs is 1. The molecule has 0 bridgehead atoms. The maximum absolute atomic E-state index is 2.41. The molecule has 0 spiro atoms. The molecule has 0 heteroatoms. The highest BCUT2D eigenvalue weighted by molar-refractivity contribution is 6.01. The lowest BCUT2D eigenvalue weighted by Crippen LogP contribution is -1.96. The van der Waals surface area contributed by atoms with Gasteiger partial charge >= 0.3 is 0 Å². The average molecular weight is 471 g/mol. The molecule has 182 valence electrons. The van der Waals surface area contributed by atoms with Gasteiger partial charge in [-0.05, 0) is 70.0 Å². The normalized spacial score (nSPS) is 10.6. The Morgan fingerprint density at radius 1 is 0.528 bits per heavy atom. The van der Waals surface area contributed by atoms with Crippen LogP contribution in [-0.4, -0.2) is 0 Å². The number of benzene rings is 5. The maximum Gasteiger partial charge on any atom is -0.00728 e. The van der Waals surface area contributed by atoms with Gasteiger partial charge < -0.3 is 0 Å². The predicted molar refractivity (Wildman–Crippen MR) is 159 cm³/mol. The van der Waals surface area contributed by atoms with Crippen molar-refractivity contribution in [3.8, 4) is 22.3 Å². The minimum Gasteiger partial charge on any atom is -0.0654 e. The quantitative estimate of drug-likeness (QED) is 0.222. The van der Waals surface area contributed by atoms with Crippen molar-refractivity contribution in [3.05, 3.63) is 132 Å². The molecule has 0 atom stereocenters. The molecule has 0 radical (unpaired) electrons. The fourth-order valence-electron chi connectivity index (χ4n) is 4.76. The Bertz CT molecular complexity index is 1340. The zero-order valence-electron chi connectivity index (χ0n) is 22.0. The van der Waals surface area contributed by atoms with Crippen LogP contribution in [0.4, 0.5) is 0 Å². The van der Waals surface area contributed by atoms with Gasteiger partial charge in [0.1, 0.15) is 0 Å². The van der Waals surface area contributed by atoms with Crippen LogP contribution in [0.5, 0.6) is 0 Å². The van der Waals surface area contributed by atoms with Crippen molar-refractivity contribution in [2.45, 2.75) is 52.9 Å². The lowest BCUT2D eigenvalue weighted by molar-refractivity contribution is 0.772. The molecule has 0 N–H and O–H groups in total. The zero-order valence-corrected chi connectivity index (χ0v) is 22.0. The molecule has 0 heterocycles. The van der Waals surface area contributed by atoms with Gasteiger partial charge in [0, 0.05) is 0 Å². The van der Waals surface area contributed by atoms with Crippen LogP contribution in [0.15, 0.2) is 115 Å². The van der Waals surface area contributed by atoms with E-state index in [1.165, 1.54) is 69.0 Å². The maximum atomic E-state index is 2.41. The molecule has 5 rings (SSSR count). The van der Waals surface area contributed by atoms with E-state index in [0.29, 0.717) is 0 Å². The van der Waals surface area contributed by atoms with E-state index in [1.54, 1.807) is 0 Å². The van der Waals surface area contributed by atoms with Crippen molar-refractivity contribution < 1.29 is 0 Å². The first-order chi connectivity index (χ1) is 17.7. The molecule has 5 aromatic rings. The first-order valence-corrected chi connectivity index (χ1v) is 13.4. The van der Waals surface area contributed by atoms with Gasteiger partial charge in [-0.25, -0.2) is 0 Å². The minimum absolute atomic E-state index is 1.02. The third-order valence-electron chi connectivity index (χ3n) is 6.76. The number of rotatable bonds is 7. The number of unbranched alkanes of at least 4 members (excludes halogenated alkanes) is 2. The third kappa shape index (κ3) is 6.52. The Morgan fingerprint density at radius 3 is 1.83 bits per heavy atom. The summed E-state index contributed by atoms with van der Waals surface area (Å²) in [5.74, 6) is 0. The van der Waals surface area contributed by atoms with Gasteiger partial charge in [0.2, 0.25) is 0 Å². The highest BCUT2D eigenvalue weighted by Crippen LogP contribution is 2.35. The molecular formula is C36H38. The summed E-state index contributed by atoms with van der Waals surface area (Å²) in [7, 11) is 0. The summed E-state index contributed by atoms with van der Waals surface area (Å²) in [6, 6.07) is 41.9. The largest absolute Gasteiger partial charge is 0.0654 e. The second kappa shape index (κ2) is 12.9. The molecule has 0 aliphatic rings. The molecule has 0 aromatic heterocycles. The van der Waals surface area contributed by atoms with Crippen LogP contribution in [0.2, 0.25) is 0 Å². The molecule has 0 unspecified atom stereocenters. The van der Waals surface area contributed by atoms with Gasteiger partial charge in [-0.3, -0.25) is 0 Å². The molecule has 0 aliphatic carbocycles. The van der Waals surface area contributed by atoms with Crippen molar-refractivity contribution >= 4 is 10.8 Å². The summed E-state index contributed by atoms with van der Waals surface area (Å²) in [5, 5.41) is 2.68. The van der Waals surface area contributed by atoms with Crippen LogP contribution < -0.4 is 0 Å². The van der Waals surface area contributed by atoms with Crippen molar-refractivity contribution in [2.24, 2.45) is 0 Å². The number of hydrogen-bond acceptors (Lipinski definition) is 0. The summed E-state index contributed by atoms with van der Waals surface area (Å²) >= 11 is 0. The Hall–Kier alpha value is -3.64. The predicted octanol–water partition coefficient (Wildman–Crippen LogP) is 10.5. The summed E-state index contributed by atoms with van der Waals surface area (Å²) in [6.07, 6.45) is 6.13. The van der Waals surface area contributed by atoms with Crippen LogP contribution in [0.3, 0.4) is 0 Å². The molecule has 0 fully saturated rings. The first-order valence-electron chi connectivity index (χ1n) is 13.4. The molecule has 0 saturated heterocycles. The zero-order chi connectivity index (χ0) is 25.2. The Morgan fingerprint density at radius 2 is 1.19 bits per heavy atom. The number of aryl methyl sites for hydroxylation is 3. The van der Waals surface area contributed by atoms with Crippen molar-refractivity contribution in [3.63, 3.8) is 0 Å². The highest BCUT2D eigenvalue weighted by Gasteiger charge is 2.12. The first kappa shape index (κ1) is 25.5. The van der Waals surface area contributed by atoms with E-state index in [2.05, 4.69) is 136 Å². The summed E-state index contributed by atoms with van der Waals surface area (Å²) in [6.45, 7) is 6.56. The molecular weight excluding hydrogens is 432 g/mol. The molecule has 36 heavy (non-hydrogen) atoms. The lowest BCUT2D eigenvalue weighted by Gasteiger charge is -2.15. The molecule has 0 nitrogen and oxygen atoms in total. The van der Waals surface area contributed by atoms with Gasteiger partial charge in [-0.1, -0.05) is 148 Å². The molecule has 0 amide bonds. The fourth-order valence-corrected chi connectivity index (χ4v) is 4.76. The summed E-state index contributed by atoms with van der Waals surface area (Å²) in [5.41, 5.74) is 9.25. The van der Waals surface area contributed by atoms with E-state index in [0.717, 1.165) is 12.8 Å². The van der Waals surface area contributed by atoms with Crippen LogP contribution >= 0.6 is 0 Å². The van der Waals surface area contributed by atoms with Crippen molar-refractivity contribution in [2.75, 3.05) is 0 Å². The van der Waals surface area contributed by atoms with Gasteiger partial charge in [0.05, 0.1) is 0 Å². The standard InChI is InChI=1S/C31H26.C5H12/c1-23-15-18-25(19-16-23)29-21-27-13-8-14-30(26-11-6-3-7-12-26)31(27)28(22-29)20-17-24-9-4-2-5-10-24;1-3-5-4-2/h2-16,18-19,21-22H,17,20H2,1H3;3-5H2,1-2H3. The Labute approximate surface area is 217 Å². The van der Waals surface area contributed by atoms with Crippen LogP contribution in [0.25, 0.3) is 33.0 Å². The summed E-state index contributed by atoms with van der Waals surface area (Å²) < 4.78 is 0. The Balaban J connectivity index is 0.000000556. The van der Waals surface area contributed by atoms with Crippen molar-refractivity contribution in [1.82, 2.24) is 0 Å². The van der Waals surface area contributed by atoms with E-state index in [-0.39, 0.29) is 0 Å². The fraction of sp³-hybridized carbons (Fsp3) is 0.222. The molecule has 5 aromatic carbocycles. The van der Waals surface area contributed by atoms with Crippen LogP contribution in [0.1, 0.15) is 49.8 Å². The van der Waals surface area contributed by atoms with Gasteiger partial charge in [-0.2, -0.15) is 0 Å². The van der Waals surface area contributed by atoms with Gasteiger partial charge in [-0.15, -0.1) is 0 Å². The smallest absolute Gasteiger partial charge is 0.00728 e. The summed E-state index contributed by atoms with van der Waals surface area (Å²) in [4.78, 5) is 0. The molecule has 0 saturated carbocycles. The van der Waals surface area contributed by atoms with E-state index in [9.17, 15) is 0 Å². The van der Waals surface area contributed by atoms with E-state index in [4.69, 9.17) is 0 Å². The van der Waals surface area contributed by atoms with Crippen molar-refractivity contribution in [1.29, 1.82) is 0 Å². The monoisotopic (exact) mass is 470 g/mol. The minimum atomic E-state index is 1.02. The van der Waals surface area contributed by atoms with Crippen LogP contribution in [0, 0.1) is 6.92 Å². The van der Waals surface area contributed by atoms with Gasteiger partial charge in [0.15, 0.2) is 0 Å². The average Bonchev–Trinajstić information content (AvgIpc) is 2.93. The van der Waals surface area contributed by atoms with Crippen LogP contribution in [-0.2, 0) is 12.8 Å². The Kier molecular flexibility index (Phi) is 9.11. The second-order valence-electron chi connectivity index (χ2n) is 9.61. The SMILES string of the molecule is CCCCC.Cc1ccc(-c2cc(CCc3ccccc3)c3c(-c4ccccc4)cccc3c2)cc1. The molecule has 0 aliphatic heterocycles. The van der Waals surface area contributed by atoms with E-state index in [1.807, 2.05) is 0 Å². The third-order valence-corrected chi connectivity index (χ3v) is 6.76. The van der Waals surface area contributed by atoms with Gasteiger partial charge in [0.25, 0.3) is 0 Å². The number of hydrogen-bond donors (Lipinski definition) is 0. The lowest BCUT2D eigenvalue weighted by atomic mass is 9.89. The highest BCUT2D eigenvalue weighted by atomic mass is 14.2. The van der Waals surface area contributed by atoms with E-state index >= 15 is 0 Å². The van der Waals surface area contributed by atoms with E-state index < -0.39 is 0 Å². The second-order valence-corrected chi connectivity index (χ2v) is 9.61. The topological polar surface area (TPSA) is 0 Å².